The van der Waals surface area contributed by atoms with Crippen LogP contribution in [0.5, 0.6) is 0 Å². The monoisotopic (exact) mass is 284 g/mol. The number of hydrogen-bond acceptors (Lipinski definition) is 3. The molecule has 0 aromatic heterocycles. The van der Waals surface area contributed by atoms with Gasteiger partial charge in [-0.1, -0.05) is 26.0 Å². The second-order valence-corrected chi connectivity index (χ2v) is 6.85. The van der Waals surface area contributed by atoms with Crippen molar-refractivity contribution in [2.75, 3.05) is 7.05 Å². The van der Waals surface area contributed by atoms with E-state index in [1.54, 1.807) is 31.3 Å². The Balaban J connectivity index is 3.06. The Morgan fingerprint density at radius 2 is 1.63 bits per heavy atom. The van der Waals surface area contributed by atoms with E-state index in [1.807, 2.05) is 20.8 Å². The Morgan fingerprint density at radius 3 is 2.00 bits per heavy atom. The molecule has 5 heteroatoms. The molecule has 1 atom stereocenters. The van der Waals surface area contributed by atoms with E-state index >= 15 is 0 Å². The van der Waals surface area contributed by atoms with Gasteiger partial charge >= 0.3 is 0 Å². The molecular formula is C14H24N2O2S. The van der Waals surface area contributed by atoms with E-state index in [2.05, 4.69) is 0 Å². The minimum atomic E-state index is -3.41. The van der Waals surface area contributed by atoms with Gasteiger partial charge in [0.15, 0.2) is 0 Å². The first kappa shape index (κ1) is 16.1. The van der Waals surface area contributed by atoms with E-state index in [0.29, 0.717) is 4.90 Å². The fraction of sp³-hybridized carbons (Fsp3) is 0.571. The molecule has 108 valence electrons. The highest BCUT2D eigenvalue weighted by atomic mass is 32.2. The summed E-state index contributed by atoms with van der Waals surface area (Å²) in [7, 11) is -1.77. The first-order chi connectivity index (χ1) is 8.84. The number of benzene rings is 1. The zero-order valence-corrected chi connectivity index (χ0v) is 12.9. The standard InChI is InChI=1S/C14H24N2O2S/c1-5-13(6-2)16(4)19(17,18)14-9-7-12(8-10-14)11(3)15/h7-11,13H,5-6,15H2,1-4H3. The normalized spacial score (nSPS) is 14.1. The van der Waals surface area contributed by atoms with Gasteiger partial charge in [-0.3, -0.25) is 0 Å². The second-order valence-electron chi connectivity index (χ2n) is 4.85. The summed E-state index contributed by atoms with van der Waals surface area (Å²) < 4.78 is 26.4. The van der Waals surface area contributed by atoms with Gasteiger partial charge in [0.05, 0.1) is 4.90 Å². The molecule has 0 radical (unpaired) electrons. The van der Waals surface area contributed by atoms with Gasteiger partial charge in [-0.15, -0.1) is 0 Å². The van der Waals surface area contributed by atoms with Crippen LogP contribution >= 0.6 is 0 Å². The molecule has 0 aliphatic rings. The Bertz CT molecular complexity index is 491. The number of rotatable bonds is 6. The molecule has 0 aliphatic heterocycles. The molecule has 0 fully saturated rings. The van der Waals surface area contributed by atoms with Gasteiger partial charge in [-0.2, -0.15) is 4.31 Å². The molecule has 0 spiro atoms. The first-order valence-electron chi connectivity index (χ1n) is 6.68. The smallest absolute Gasteiger partial charge is 0.243 e. The van der Waals surface area contributed by atoms with E-state index in [-0.39, 0.29) is 12.1 Å². The lowest BCUT2D eigenvalue weighted by atomic mass is 10.1. The number of sulfonamides is 1. The van der Waals surface area contributed by atoms with Crippen LogP contribution in [0, 0.1) is 0 Å². The van der Waals surface area contributed by atoms with E-state index in [4.69, 9.17) is 5.73 Å². The molecule has 1 aromatic carbocycles. The van der Waals surface area contributed by atoms with Crippen LogP contribution in [-0.4, -0.2) is 25.8 Å². The van der Waals surface area contributed by atoms with E-state index < -0.39 is 10.0 Å². The van der Waals surface area contributed by atoms with Gasteiger partial charge in [-0.25, -0.2) is 8.42 Å². The van der Waals surface area contributed by atoms with Gasteiger partial charge in [0.1, 0.15) is 0 Å². The molecule has 0 amide bonds. The van der Waals surface area contributed by atoms with Crippen molar-refractivity contribution in [3.05, 3.63) is 29.8 Å². The van der Waals surface area contributed by atoms with Crippen molar-refractivity contribution in [3.63, 3.8) is 0 Å². The van der Waals surface area contributed by atoms with Crippen LogP contribution in [0.25, 0.3) is 0 Å². The zero-order chi connectivity index (χ0) is 14.6. The summed E-state index contributed by atoms with van der Waals surface area (Å²) in [4.78, 5) is 0.325. The lowest BCUT2D eigenvalue weighted by Crippen LogP contribution is -2.36. The average Bonchev–Trinajstić information content (AvgIpc) is 2.40. The van der Waals surface area contributed by atoms with Crippen molar-refractivity contribution in [2.45, 2.75) is 50.6 Å². The fourth-order valence-corrected chi connectivity index (χ4v) is 3.61. The van der Waals surface area contributed by atoms with Crippen molar-refractivity contribution in [1.29, 1.82) is 0 Å². The Morgan fingerprint density at radius 1 is 1.16 bits per heavy atom. The van der Waals surface area contributed by atoms with E-state index in [9.17, 15) is 8.42 Å². The fourth-order valence-electron chi connectivity index (χ4n) is 2.11. The van der Waals surface area contributed by atoms with Crippen LogP contribution in [0.1, 0.15) is 45.2 Å². The summed E-state index contributed by atoms with van der Waals surface area (Å²) in [6, 6.07) is 6.77. The van der Waals surface area contributed by atoms with Gasteiger partial charge < -0.3 is 5.73 Å². The largest absolute Gasteiger partial charge is 0.324 e. The molecular weight excluding hydrogens is 260 g/mol. The predicted octanol–water partition coefficient (Wildman–Crippen LogP) is 2.52. The molecule has 0 saturated heterocycles. The van der Waals surface area contributed by atoms with Crippen LogP contribution in [0.15, 0.2) is 29.2 Å². The van der Waals surface area contributed by atoms with Gasteiger partial charge in [0, 0.05) is 19.1 Å². The third-order valence-corrected chi connectivity index (χ3v) is 5.46. The van der Waals surface area contributed by atoms with Crippen molar-refractivity contribution in [3.8, 4) is 0 Å². The molecule has 19 heavy (non-hydrogen) atoms. The molecule has 1 unspecified atom stereocenters. The molecule has 2 N–H and O–H groups in total. The van der Waals surface area contributed by atoms with Gasteiger partial charge in [0.2, 0.25) is 10.0 Å². The lowest BCUT2D eigenvalue weighted by Gasteiger charge is -2.25. The van der Waals surface area contributed by atoms with Gasteiger partial charge in [0.25, 0.3) is 0 Å². The molecule has 0 saturated carbocycles. The minimum Gasteiger partial charge on any atom is -0.324 e. The van der Waals surface area contributed by atoms with Crippen molar-refractivity contribution >= 4 is 10.0 Å². The molecule has 1 aromatic rings. The van der Waals surface area contributed by atoms with Crippen LogP contribution in [0.2, 0.25) is 0 Å². The highest BCUT2D eigenvalue weighted by molar-refractivity contribution is 7.89. The third-order valence-electron chi connectivity index (χ3n) is 3.54. The Kier molecular flexibility index (Phi) is 5.52. The highest BCUT2D eigenvalue weighted by Crippen LogP contribution is 2.21. The maximum Gasteiger partial charge on any atom is 0.243 e. The maximum atomic E-state index is 12.5. The van der Waals surface area contributed by atoms with Crippen LogP contribution in [-0.2, 0) is 10.0 Å². The van der Waals surface area contributed by atoms with Crippen LogP contribution < -0.4 is 5.73 Å². The number of hydrogen-bond donors (Lipinski definition) is 1. The summed E-state index contributed by atoms with van der Waals surface area (Å²) in [5.74, 6) is 0. The summed E-state index contributed by atoms with van der Waals surface area (Å²) >= 11 is 0. The predicted molar refractivity (Wildman–Crippen MR) is 78.4 cm³/mol. The van der Waals surface area contributed by atoms with Crippen molar-refractivity contribution < 1.29 is 8.42 Å². The minimum absolute atomic E-state index is 0.0399. The molecule has 0 aliphatic carbocycles. The van der Waals surface area contributed by atoms with Crippen molar-refractivity contribution in [2.24, 2.45) is 5.73 Å². The summed E-state index contributed by atoms with van der Waals surface area (Å²) in [5.41, 5.74) is 6.70. The molecule has 1 rings (SSSR count). The van der Waals surface area contributed by atoms with E-state index in [0.717, 1.165) is 18.4 Å². The molecule has 4 nitrogen and oxygen atoms in total. The Hall–Kier alpha value is -0.910. The highest BCUT2D eigenvalue weighted by Gasteiger charge is 2.25. The quantitative estimate of drug-likeness (QED) is 0.873. The topological polar surface area (TPSA) is 63.4 Å². The maximum absolute atomic E-state index is 12.5. The summed E-state index contributed by atoms with van der Waals surface area (Å²) in [6.07, 6.45) is 1.62. The summed E-state index contributed by atoms with van der Waals surface area (Å²) in [5, 5.41) is 0. The number of nitrogens with zero attached hydrogens (tertiary/aromatic N) is 1. The van der Waals surface area contributed by atoms with E-state index in [1.165, 1.54) is 4.31 Å². The lowest BCUT2D eigenvalue weighted by molar-refractivity contribution is 0.349. The SMILES string of the molecule is CCC(CC)N(C)S(=O)(=O)c1ccc(C(C)N)cc1. The Labute approximate surface area is 116 Å². The summed E-state index contributed by atoms with van der Waals surface area (Å²) in [6.45, 7) is 5.87. The van der Waals surface area contributed by atoms with Crippen LogP contribution in [0.4, 0.5) is 0 Å². The average molecular weight is 284 g/mol. The molecule has 0 bridgehead atoms. The zero-order valence-electron chi connectivity index (χ0n) is 12.1. The van der Waals surface area contributed by atoms with Gasteiger partial charge in [-0.05, 0) is 37.5 Å². The third kappa shape index (κ3) is 3.55. The first-order valence-corrected chi connectivity index (χ1v) is 8.12. The van der Waals surface area contributed by atoms with Crippen LogP contribution in [0.3, 0.4) is 0 Å². The molecule has 0 heterocycles. The second kappa shape index (κ2) is 6.50. The number of nitrogens with two attached hydrogens (primary N) is 1. The van der Waals surface area contributed by atoms with Crippen molar-refractivity contribution in [1.82, 2.24) is 4.31 Å².